The first-order valence-electron chi connectivity index (χ1n) is 7.22. The molecule has 0 spiro atoms. The highest BCUT2D eigenvalue weighted by atomic mass is 32.3. The van der Waals surface area contributed by atoms with Crippen molar-refractivity contribution in [3.8, 4) is 5.75 Å². The zero-order valence-corrected chi connectivity index (χ0v) is 15.1. The summed E-state index contributed by atoms with van der Waals surface area (Å²) in [7, 11) is -5.29. The fourth-order valence-electron chi connectivity index (χ4n) is 1.99. The third kappa shape index (κ3) is 7.48. The van der Waals surface area contributed by atoms with E-state index >= 15 is 0 Å². The minimum absolute atomic E-state index is 0.0227. The predicted octanol–water partition coefficient (Wildman–Crippen LogP) is 1.72. The number of aromatic carboxylic acids is 1. The summed E-state index contributed by atoms with van der Waals surface area (Å²) in [4.78, 5) is 22.9. The second-order valence-corrected chi connectivity index (χ2v) is 7.18. The van der Waals surface area contributed by atoms with Crippen molar-refractivity contribution in [3.63, 3.8) is 0 Å². The van der Waals surface area contributed by atoms with E-state index in [1.54, 1.807) is 20.8 Å². The van der Waals surface area contributed by atoms with Gasteiger partial charge in [0.25, 0.3) is 0 Å². The van der Waals surface area contributed by atoms with E-state index in [0.29, 0.717) is 11.1 Å². The first kappa shape index (κ1) is 20.8. The molecule has 0 aliphatic heterocycles. The van der Waals surface area contributed by atoms with E-state index < -0.39 is 33.8 Å². The summed E-state index contributed by atoms with van der Waals surface area (Å²) in [6.07, 6.45) is 0. The van der Waals surface area contributed by atoms with E-state index in [-0.39, 0.29) is 18.7 Å². The standard InChI is InChI=1S/C15H20FNO7S/c1-9-10(7-17-8-13(18)23-15(2,3)4)5-11(24-25(16,21)22)6-12(9)14(19)20/h5-6,17H,7-8H2,1-4H3,(H,19,20). The van der Waals surface area contributed by atoms with Gasteiger partial charge in [0, 0.05) is 6.54 Å². The Morgan fingerprint density at radius 1 is 1.28 bits per heavy atom. The predicted molar refractivity (Wildman–Crippen MR) is 86.3 cm³/mol. The molecule has 0 fully saturated rings. The molecule has 0 radical (unpaired) electrons. The summed E-state index contributed by atoms with van der Waals surface area (Å²) in [5, 5.41) is 11.9. The smallest absolute Gasteiger partial charge is 0.478 e. The number of hydrogen-bond donors (Lipinski definition) is 2. The lowest BCUT2D eigenvalue weighted by atomic mass is 10.0. The third-order valence-corrected chi connectivity index (χ3v) is 3.31. The van der Waals surface area contributed by atoms with Crippen molar-refractivity contribution in [3.05, 3.63) is 28.8 Å². The highest BCUT2D eigenvalue weighted by Gasteiger charge is 2.19. The van der Waals surface area contributed by atoms with Gasteiger partial charge in [0.15, 0.2) is 0 Å². The van der Waals surface area contributed by atoms with E-state index in [4.69, 9.17) is 9.84 Å². The van der Waals surface area contributed by atoms with Gasteiger partial charge in [-0.05, 0) is 51.0 Å². The largest absolute Gasteiger partial charge is 0.488 e. The average Bonchev–Trinajstić information content (AvgIpc) is 2.37. The van der Waals surface area contributed by atoms with Gasteiger partial charge in [-0.15, -0.1) is 0 Å². The molecule has 1 aromatic rings. The zero-order valence-electron chi connectivity index (χ0n) is 14.3. The molecule has 0 heterocycles. The Balaban J connectivity index is 2.94. The van der Waals surface area contributed by atoms with Crippen LogP contribution >= 0.6 is 0 Å². The molecule has 0 aromatic heterocycles. The molecule has 0 atom stereocenters. The number of carbonyl (C=O) groups is 2. The zero-order chi connectivity index (χ0) is 19.4. The summed E-state index contributed by atoms with van der Waals surface area (Å²) in [5.74, 6) is -2.31. The monoisotopic (exact) mass is 377 g/mol. The molecular weight excluding hydrogens is 357 g/mol. The number of carboxylic acids is 1. The van der Waals surface area contributed by atoms with Crippen molar-refractivity contribution < 1.29 is 35.9 Å². The van der Waals surface area contributed by atoms with Crippen LogP contribution in [0.25, 0.3) is 0 Å². The lowest BCUT2D eigenvalue weighted by Gasteiger charge is -2.19. The van der Waals surface area contributed by atoms with Crippen LogP contribution in [0.4, 0.5) is 3.89 Å². The highest BCUT2D eigenvalue weighted by molar-refractivity contribution is 7.81. The van der Waals surface area contributed by atoms with Gasteiger partial charge in [-0.3, -0.25) is 4.79 Å². The lowest BCUT2D eigenvalue weighted by Crippen LogP contribution is -2.31. The Hall–Kier alpha value is -2.20. The molecule has 140 valence electrons. The fourth-order valence-corrected chi connectivity index (χ4v) is 2.32. The van der Waals surface area contributed by atoms with Crippen molar-refractivity contribution in [1.29, 1.82) is 0 Å². The number of esters is 1. The second-order valence-electron chi connectivity index (χ2n) is 6.23. The maximum absolute atomic E-state index is 12.7. The average molecular weight is 377 g/mol. The molecule has 8 nitrogen and oxygen atoms in total. The van der Waals surface area contributed by atoms with Crippen molar-refractivity contribution in [2.45, 2.75) is 39.8 Å². The first-order valence-corrected chi connectivity index (χ1v) is 8.53. The Kier molecular flexibility index (Phi) is 6.49. The van der Waals surface area contributed by atoms with Crippen LogP contribution in [0, 0.1) is 6.92 Å². The molecule has 0 saturated heterocycles. The molecule has 0 aliphatic rings. The molecule has 2 N–H and O–H groups in total. The van der Waals surface area contributed by atoms with E-state index in [1.165, 1.54) is 13.0 Å². The van der Waals surface area contributed by atoms with Gasteiger partial charge in [0.05, 0.1) is 12.1 Å². The maximum atomic E-state index is 12.7. The topological polar surface area (TPSA) is 119 Å². The lowest BCUT2D eigenvalue weighted by molar-refractivity contribution is -0.153. The van der Waals surface area contributed by atoms with Gasteiger partial charge >= 0.3 is 22.4 Å². The Labute approximate surface area is 145 Å². The van der Waals surface area contributed by atoms with Crippen molar-refractivity contribution in [2.24, 2.45) is 0 Å². The molecular formula is C15H20FNO7S. The number of ether oxygens (including phenoxy) is 1. The van der Waals surface area contributed by atoms with Crippen molar-refractivity contribution in [1.82, 2.24) is 5.32 Å². The SMILES string of the molecule is Cc1c(CNCC(=O)OC(C)(C)C)cc(OS(=O)(=O)F)cc1C(=O)O. The Morgan fingerprint density at radius 2 is 1.88 bits per heavy atom. The van der Waals surface area contributed by atoms with Crippen LogP contribution < -0.4 is 9.50 Å². The van der Waals surface area contributed by atoms with Crippen LogP contribution in [0.2, 0.25) is 0 Å². The van der Waals surface area contributed by atoms with Crippen molar-refractivity contribution in [2.75, 3.05) is 6.54 Å². The van der Waals surface area contributed by atoms with Crippen LogP contribution in [0.3, 0.4) is 0 Å². The summed E-state index contributed by atoms with van der Waals surface area (Å²) in [5.41, 5.74) is -0.223. The van der Waals surface area contributed by atoms with E-state index in [9.17, 15) is 21.9 Å². The number of rotatable bonds is 7. The number of hydrogen-bond acceptors (Lipinski definition) is 7. The van der Waals surface area contributed by atoms with Gasteiger partial charge in [-0.1, -0.05) is 3.89 Å². The van der Waals surface area contributed by atoms with Gasteiger partial charge in [-0.25, -0.2) is 4.79 Å². The minimum atomic E-state index is -5.29. The summed E-state index contributed by atoms with van der Waals surface area (Å²) in [6, 6.07) is 2.09. The normalized spacial score (nSPS) is 11.9. The summed E-state index contributed by atoms with van der Waals surface area (Å²) in [6.45, 7) is 6.52. The molecule has 0 bridgehead atoms. The summed E-state index contributed by atoms with van der Waals surface area (Å²) >= 11 is 0. The summed E-state index contributed by atoms with van der Waals surface area (Å²) < 4.78 is 43.1. The first-order chi connectivity index (χ1) is 11.3. The van der Waals surface area contributed by atoms with Gasteiger partial charge < -0.3 is 19.3 Å². The van der Waals surface area contributed by atoms with Gasteiger partial charge in [-0.2, -0.15) is 8.42 Å². The molecule has 1 aromatic carbocycles. The molecule has 0 amide bonds. The van der Waals surface area contributed by atoms with E-state index in [0.717, 1.165) is 6.07 Å². The van der Waals surface area contributed by atoms with Crippen LogP contribution in [0.1, 0.15) is 42.3 Å². The van der Waals surface area contributed by atoms with Gasteiger partial charge in [0.2, 0.25) is 0 Å². The maximum Gasteiger partial charge on any atom is 0.488 e. The number of benzene rings is 1. The molecule has 0 aliphatic carbocycles. The highest BCUT2D eigenvalue weighted by Crippen LogP contribution is 2.24. The van der Waals surface area contributed by atoms with Gasteiger partial charge in [0.1, 0.15) is 11.4 Å². The fraction of sp³-hybridized carbons (Fsp3) is 0.467. The van der Waals surface area contributed by atoms with Crippen molar-refractivity contribution >= 4 is 22.4 Å². The molecule has 25 heavy (non-hydrogen) atoms. The molecule has 10 heteroatoms. The second kappa shape index (κ2) is 7.79. The quantitative estimate of drug-likeness (QED) is 0.544. The van der Waals surface area contributed by atoms with Crippen LogP contribution in [-0.2, 0) is 26.6 Å². The third-order valence-electron chi connectivity index (χ3n) is 2.92. The van der Waals surface area contributed by atoms with E-state index in [1.807, 2.05) is 0 Å². The Morgan fingerprint density at radius 3 is 2.36 bits per heavy atom. The number of nitrogens with one attached hydrogen (secondary N) is 1. The minimum Gasteiger partial charge on any atom is -0.478 e. The Bertz CT molecular complexity index is 769. The molecule has 0 unspecified atom stereocenters. The van der Waals surface area contributed by atoms with Crippen LogP contribution in [-0.4, -0.2) is 37.6 Å². The number of carboxylic acid groups (broad SMARTS) is 1. The number of halogens is 1. The van der Waals surface area contributed by atoms with Crippen LogP contribution in [0.5, 0.6) is 5.75 Å². The van der Waals surface area contributed by atoms with E-state index in [2.05, 4.69) is 9.50 Å². The molecule has 0 saturated carbocycles. The number of carbonyl (C=O) groups excluding carboxylic acids is 1. The molecule has 1 rings (SSSR count). The van der Waals surface area contributed by atoms with Crippen LogP contribution in [0.15, 0.2) is 12.1 Å².